The number of carbonyl (C=O) groups is 3. The maximum atomic E-state index is 14.1. The molecule has 3 aromatic rings. The molecule has 0 aliphatic heterocycles. The summed E-state index contributed by atoms with van der Waals surface area (Å²) in [5.41, 5.74) is 2.75. The molecule has 50 heavy (non-hydrogen) atoms. The van der Waals surface area contributed by atoms with Crippen LogP contribution in [-0.2, 0) is 40.6 Å². The molecule has 1 amide bonds. The fourth-order valence-corrected chi connectivity index (χ4v) is 8.63. The van der Waals surface area contributed by atoms with Gasteiger partial charge in [0.05, 0.1) is 26.2 Å². The summed E-state index contributed by atoms with van der Waals surface area (Å²) in [6, 6.07) is 18.7. The first-order valence-electron chi connectivity index (χ1n) is 16.4. The first kappa shape index (κ1) is 38.2. The van der Waals surface area contributed by atoms with Gasteiger partial charge in [-0.2, -0.15) is 4.36 Å². The van der Waals surface area contributed by atoms with Crippen molar-refractivity contribution in [2.75, 3.05) is 25.2 Å². The summed E-state index contributed by atoms with van der Waals surface area (Å²) in [5.74, 6) is -5.03. The van der Waals surface area contributed by atoms with Crippen molar-refractivity contribution in [1.29, 1.82) is 0 Å². The number of ether oxygens (including phenoxy) is 3. The van der Waals surface area contributed by atoms with Crippen LogP contribution >= 0.6 is 0 Å². The van der Waals surface area contributed by atoms with Gasteiger partial charge in [0, 0.05) is 30.9 Å². The van der Waals surface area contributed by atoms with Crippen LogP contribution in [0.4, 0.5) is 5.69 Å². The number of nitrogens with zero attached hydrogens (tertiary/aromatic N) is 2. The Balaban J connectivity index is 1.62. The minimum absolute atomic E-state index is 0.0669. The van der Waals surface area contributed by atoms with Gasteiger partial charge in [-0.15, -0.1) is 0 Å². The van der Waals surface area contributed by atoms with E-state index in [1.807, 2.05) is 19.9 Å². The first-order chi connectivity index (χ1) is 23.7. The van der Waals surface area contributed by atoms with E-state index in [1.54, 1.807) is 44.4 Å². The van der Waals surface area contributed by atoms with Crippen molar-refractivity contribution in [1.82, 2.24) is 0 Å². The van der Waals surface area contributed by atoms with Crippen molar-refractivity contribution >= 4 is 33.3 Å². The highest BCUT2D eigenvalue weighted by Gasteiger charge is 2.43. The Morgan fingerprint density at radius 1 is 1.06 bits per heavy atom. The van der Waals surface area contributed by atoms with Gasteiger partial charge in [-0.25, -0.2) is 4.21 Å². The Labute approximate surface area is 292 Å². The molecule has 12 nitrogen and oxygen atoms in total. The molecular weight excluding hydrogens is 664 g/mol. The quantitative estimate of drug-likeness (QED) is 0.103. The lowest BCUT2D eigenvalue weighted by atomic mass is 9.67. The number of esters is 1. The van der Waals surface area contributed by atoms with Gasteiger partial charge in [-0.05, 0) is 74.8 Å². The molecule has 1 unspecified atom stereocenters. The number of hydrogen-bond donors (Lipinski definition) is 1. The number of nitro benzene ring substituents is 1. The Hall–Kier alpha value is -4.62. The molecule has 0 radical (unpaired) electrons. The molecule has 0 fully saturated rings. The highest BCUT2D eigenvalue weighted by atomic mass is 32.2. The molecule has 13 heteroatoms. The Morgan fingerprint density at radius 3 is 2.44 bits per heavy atom. The minimum Gasteiger partial charge on any atom is -0.486 e. The van der Waals surface area contributed by atoms with Crippen LogP contribution in [0.25, 0.3) is 0 Å². The molecule has 0 spiro atoms. The van der Waals surface area contributed by atoms with Crippen LogP contribution in [0.1, 0.15) is 78.7 Å². The van der Waals surface area contributed by atoms with Crippen LogP contribution in [0, 0.1) is 23.0 Å². The normalized spacial score (nSPS) is 18.4. The van der Waals surface area contributed by atoms with E-state index in [2.05, 4.69) is 16.5 Å². The Bertz CT molecular complexity index is 1850. The molecule has 4 rings (SSSR count). The maximum Gasteiger partial charge on any atom is 0.320 e. The van der Waals surface area contributed by atoms with Gasteiger partial charge >= 0.3 is 17.6 Å². The van der Waals surface area contributed by atoms with E-state index in [9.17, 15) is 33.8 Å². The molecule has 0 aromatic heterocycles. The van der Waals surface area contributed by atoms with Crippen molar-refractivity contribution in [3.63, 3.8) is 0 Å². The standard InChI is InChI=1S/C37H44N2O10S/c1-24-13-15-31-29(18-24)12-9-17-37(31,27(4)47-5)23-48-33-16-14-30(20-32(33)39(44)45)36(43)38-50(46,21-25(2)19-34(40)41)22-35(42)49-26(3)28-10-7-6-8-11-28/h6-8,10-11,13-16,18,20,25-27H,9,12,17,19,21-23H2,1-5H3,(H,40,41)/t25-,26-,27?,37+,50+/m0/s1. The summed E-state index contributed by atoms with van der Waals surface area (Å²) in [6.07, 6.45) is 1.18. The van der Waals surface area contributed by atoms with E-state index in [-0.39, 0.29) is 36.2 Å². The molecule has 0 bridgehead atoms. The number of methoxy groups -OCH3 is 1. The average molecular weight is 709 g/mol. The number of carboxylic acids is 1. The molecule has 0 saturated carbocycles. The van der Waals surface area contributed by atoms with Crippen LogP contribution in [-0.4, -0.2) is 63.4 Å². The second-order valence-electron chi connectivity index (χ2n) is 13.0. The van der Waals surface area contributed by atoms with Gasteiger partial charge in [0.1, 0.15) is 18.5 Å². The number of nitro groups is 1. The van der Waals surface area contributed by atoms with E-state index < -0.39 is 61.4 Å². The molecule has 1 aliphatic rings. The zero-order valence-corrected chi connectivity index (χ0v) is 29.8. The summed E-state index contributed by atoms with van der Waals surface area (Å²) >= 11 is 0. The van der Waals surface area contributed by atoms with Gasteiger partial charge < -0.3 is 19.3 Å². The van der Waals surface area contributed by atoms with Crippen LogP contribution in [0.5, 0.6) is 5.75 Å². The van der Waals surface area contributed by atoms with Gasteiger partial charge in [0.2, 0.25) is 0 Å². The van der Waals surface area contributed by atoms with Gasteiger partial charge in [0.15, 0.2) is 5.75 Å². The van der Waals surface area contributed by atoms with Crippen molar-refractivity contribution in [2.24, 2.45) is 10.3 Å². The molecule has 0 heterocycles. The number of rotatable bonds is 15. The average Bonchev–Trinajstić information content (AvgIpc) is 3.06. The highest BCUT2D eigenvalue weighted by molar-refractivity contribution is 7.94. The van der Waals surface area contributed by atoms with E-state index >= 15 is 0 Å². The van der Waals surface area contributed by atoms with Crippen molar-refractivity contribution in [3.05, 3.63) is 105 Å². The van der Waals surface area contributed by atoms with E-state index in [0.29, 0.717) is 5.56 Å². The largest absolute Gasteiger partial charge is 0.486 e. The molecular formula is C37H44N2O10S. The van der Waals surface area contributed by atoms with E-state index in [4.69, 9.17) is 14.2 Å². The number of carbonyl (C=O) groups excluding carboxylic acids is 2. The number of aliphatic carboxylic acids is 1. The third-order valence-electron chi connectivity index (χ3n) is 9.12. The zero-order chi connectivity index (χ0) is 36.6. The number of benzene rings is 3. The van der Waals surface area contributed by atoms with Crippen molar-refractivity contribution in [3.8, 4) is 5.75 Å². The molecule has 268 valence electrons. The van der Waals surface area contributed by atoms with Gasteiger partial charge in [0.25, 0.3) is 5.91 Å². The predicted octanol–water partition coefficient (Wildman–Crippen LogP) is 6.61. The maximum absolute atomic E-state index is 14.1. The van der Waals surface area contributed by atoms with Crippen LogP contribution < -0.4 is 4.74 Å². The zero-order valence-electron chi connectivity index (χ0n) is 29.0. The predicted molar refractivity (Wildman–Crippen MR) is 188 cm³/mol. The highest BCUT2D eigenvalue weighted by Crippen LogP contribution is 2.43. The number of hydrogen-bond acceptors (Lipinski definition) is 9. The lowest BCUT2D eigenvalue weighted by molar-refractivity contribution is -0.386. The molecule has 3 aromatic carbocycles. The van der Waals surface area contributed by atoms with E-state index in [1.165, 1.54) is 24.6 Å². The van der Waals surface area contributed by atoms with E-state index in [0.717, 1.165) is 36.5 Å². The number of aryl methyl sites for hydroxylation is 2. The van der Waals surface area contributed by atoms with Gasteiger partial charge in [-0.3, -0.25) is 24.5 Å². The number of carboxylic acid groups (broad SMARTS) is 1. The molecule has 0 saturated heterocycles. The van der Waals surface area contributed by atoms with Crippen molar-refractivity contribution < 1.29 is 42.8 Å². The third-order valence-corrected chi connectivity index (χ3v) is 11.4. The molecule has 1 N–H and O–H groups in total. The summed E-state index contributed by atoms with van der Waals surface area (Å²) in [4.78, 5) is 49.3. The summed E-state index contributed by atoms with van der Waals surface area (Å²) in [6.45, 7) is 7.21. The minimum atomic E-state index is -3.71. The lowest BCUT2D eigenvalue weighted by Gasteiger charge is -2.42. The smallest absolute Gasteiger partial charge is 0.320 e. The monoisotopic (exact) mass is 708 g/mol. The SMILES string of the molecule is COC(C)[C@]1(COc2ccc(C(=O)N=[S@](=O)(CC(=O)O[C@@H](C)c3ccccc3)C[C@@H](C)CC(=O)O)cc2[N+](=O)[O-])CCCc2cc(C)ccc21. The lowest BCUT2D eigenvalue weighted by Crippen LogP contribution is -2.46. The van der Waals surface area contributed by atoms with Gasteiger partial charge in [-0.1, -0.05) is 61.0 Å². The Morgan fingerprint density at radius 2 is 1.78 bits per heavy atom. The third kappa shape index (κ3) is 9.33. The summed E-state index contributed by atoms with van der Waals surface area (Å²) in [5, 5.41) is 21.5. The van der Waals surface area contributed by atoms with Crippen molar-refractivity contribution in [2.45, 2.75) is 71.0 Å². The summed E-state index contributed by atoms with van der Waals surface area (Å²) < 4.78 is 35.4. The topological polar surface area (TPSA) is 172 Å². The number of fused-ring (bicyclic) bond motifs is 1. The molecule has 5 atom stereocenters. The number of amides is 1. The van der Waals surface area contributed by atoms with Crippen LogP contribution in [0.2, 0.25) is 0 Å². The first-order valence-corrected chi connectivity index (χ1v) is 18.3. The Kier molecular flexibility index (Phi) is 12.5. The fourth-order valence-electron chi connectivity index (χ4n) is 6.52. The second-order valence-corrected chi connectivity index (χ2v) is 15.4. The fraction of sp³-hybridized carbons (Fsp3) is 0.432. The van der Waals surface area contributed by atoms with Crippen LogP contribution in [0.15, 0.2) is 71.1 Å². The molecule has 1 aliphatic carbocycles. The second kappa shape index (κ2) is 16.4. The summed E-state index contributed by atoms with van der Waals surface area (Å²) in [7, 11) is -2.09. The van der Waals surface area contributed by atoms with Crippen LogP contribution in [0.3, 0.4) is 0 Å².